The molecule has 1 saturated heterocycles. The van der Waals surface area contributed by atoms with Crippen molar-refractivity contribution in [3.05, 3.63) is 53.4 Å². The van der Waals surface area contributed by atoms with Crippen LogP contribution < -0.4 is 0 Å². The minimum absolute atomic E-state index is 0.0180. The molecule has 4 rings (SSSR count). The lowest BCUT2D eigenvalue weighted by atomic mass is 10.0. The summed E-state index contributed by atoms with van der Waals surface area (Å²) in [6.07, 6.45) is 3.94. The Balaban J connectivity index is 1.58. The van der Waals surface area contributed by atoms with Gasteiger partial charge in [0, 0.05) is 13.2 Å². The third kappa shape index (κ3) is 3.82. The summed E-state index contributed by atoms with van der Waals surface area (Å²) in [4.78, 5) is 0. The Bertz CT molecular complexity index is 785. The number of thiophene rings is 1. The third-order valence-corrected chi connectivity index (χ3v) is 8.32. The number of sulfonamides is 1. The first-order chi connectivity index (χ1) is 12.1. The van der Waals surface area contributed by atoms with Crippen molar-refractivity contribution in [2.45, 2.75) is 42.0 Å². The molecule has 6 heteroatoms. The Hall–Kier alpha value is -1.21. The van der Waals surface area contributed by atoms with E-state index < -0.39 is 10.0 Å². The van der Waals surface area contributed by atoms with Gasteiger partial charge in [0.25, 0.3) is 10.0 Å². The quantitative estimate of drug-likeness (QED) is 0.741. The average molecular weight is 378 g/mol. The molecule has 0 N–H and O–H groups in total. The van der Waals surface area contributed by atoms with E-state index in [1.165, 1.54) is 24.2 Å². The molecule has 1 aliphatic carbocycles. The molecule has 0 amide bonds. The highest BCUT2D eigenvalue weighted by molar-refractivity contribution is 7.91. The fraction of sp³-hybridized carbons (Fsp3) is 0.474. The lowest BCUT2D eigenvalue weighted by Crippen LogP contribution is -2.41. The molecule has 1 aliphatic heterocycles. The molecule has 1 saturated carbocycles. The maximum absolute atomic E-state index is 13.1. The Morgan fingerprint density at radius 1 is 1.08 bits per heavy atom. The fourth-order valence-corrected chi connectivity index (χ4v) is 6.23. The molecule has 2 aliphatic rings. The molecule has 0 unspecified atom stereocenters. The van der Waals surface area contributed by atoms with Crippen LogP contribution in [-0.2, 0) is 21.2 Å². The van der Waals surface area contributed by atoms with E-state index in [9.17, 15) is 8.42 Å². The van der Waals surface area contributed by atoms with Crippen LogP contribution in [0.2, 0.25) is 0 Å². The SMILES string of the molecule is O=S(=O)(c1cccs1)N1CC[C@@H](OCC2CC2)[C@@H]1Cc1ccccc1. The summed E-state index contributed by atoms with van der Waals surface area (Å²) in [6.45, 7) is 1.30. The molecule has 0 bridgehead atoms. The fourth-order valence-electron chi connectivity index (χ4n) is 3.45. The van der Waals surface area contributed by atoms with Crippen LogP contribution in [0.1, 0.15) is 24.8 Å². The summed E-state index contributed by atoms with van der Waals surface area (Å²) in [5.74, 6) is 0.681. The summed E-state index contributed by atoms with van der Waals surface area (Å²) >= 11 is 1.28. The van der Waals surface area contributed by atoms with E-state index in [0.717, 1.165) is 18.6 Å². The molecule has 4 nitrogen and oxygen atoms in total. The first kappa shape index (κ1) is 17.2. The Morgan fingerprint density at radius 3 is 2.56 bits per heavy atom. The van der Waals surface area contributed by atoms with Crippen LogP contribution in [0.5, 0.6) is 0 Å². The van der Waals surface area contributed by atoms with E-state index in [-0.39, 0.29) is 12.1 Å². The lowest BCUT2D eigenvalue weighted by molar-refractivity contribution is 0.0306. The van der Waals surface area contributed by atoms with E-state index in [0.29, 0.717) is 23.1 Å². The Kier molecular flexibility index (Phi) is 4.95. The van der Waals surface area contributed by atoms with Gasteiger partial charge in [-0.15, -0.1) is 11.3 Å². The summed E-state index contributed by atoms with van der Waals surface area (Å²) < 4.78 is 34.4. The van der Waals surface area contributed by atoms with Crippen molar-refractivity contribution in [2.24, 2.45) is 5.92 Å². The molecule has 0 spiro atoms. The van der Waals surface area contributed by atoms with E-state index in [2.05, 4.69) is 12.1 Å². The van der Waals surface area contributed by atoms with Gasteiger partial charge in [-0.3, -0.25) is 0 Å². The second-order valence-electron chi connectivity index (χ2n) is 6.91. The number of ether oxygens (including phenoxy) is 1. The number of rotatable bonds is 7. The molecular formula is C19H23NO3S2. The van der Waals surface area contributed by atoms with Gasteiger partial charge in [-0.1, -0.05) is 36.4 Å². The first-order valence-corrected chi connectivity index (χ1v) is 11.2. The largest absolute Gasteiger partial charge is 0.376 e. The van der Waals surface area contributed by atoms with Crippen molar-refractivity contribution in [3.8, 4) is 0 Å². The molecule has 25 heavy (non-hydrogen) atoms. The smallest absolute Gasteiger partial charge is 0.252 e. The standard InChI is InChI=1S/C19H23NO3S2/c21-25(22,19-7-4-12-24-19)20-11-10-18(23-14-16-8-9-16)17(20)13-15-5-2-1-3-6-15/h1-7,12,16-18H,8-11,13-14H2/t17-,18+/m0/s1. The average Bonchev–Trinajstić information content (AvgIpc) is 3.10. The second-order valence-corrected chi connectivity index (χ2v) is 9.97. The first-order valence-electron chi connectivity index (χ1n) is 8.85. The van der Waals surface area contributed by atoms with Crippen molar-refractivity contribution in [1.82, 2.24) is 4.31 Å². The normalized spacial score (nSPS) is 24.6. The van der Waals surface area contributed by atoms with Crippen LogP contribution >= 0.6 is 11.3 Å². The molecule has 2 atom stereocenters. The van der Waals surface area contributed by atoms with E-state index >= 15 is 0 Å². The van der Waals surface area contributed by atoms with Crippen molar-refractivity contribution in [1.29, 1.82) is 0 Å². The number of nitrogens with zero attached hydrogens (tertiary/aromatic N) is 1. The van der Waals surface area contributed by atoms with Gasteiger partial charge in [-0.05, 0) is 48.6 Å². The van der Waals surface area contributed by atoms with Crippen LogP contribution in [0.25, 0.3) is 0 Å². The third-order valence-electron chi connectivity index (χ3n) is 5.02. The molecule has 0 radical (unpaired) electrons. The van der Waals surface area contributed by atoms with Crippen LogP contribution in [-0.4, -0.2) is 38.0 Å². The lowest BCUT2D eigenvalue weighted by Gasteiger charge is -2.27. The van der Waals surface area contributed by atoms with Gasteiger partial charge in [-0.2, -0.15) is 4.31 Å². The van der Waals surface area contributed by atoms with E-state index in [4.69, 9.17) is 4.74 Å². The minimum atomic E-state index is -3.45. The van der Waals surface area contributed by atoms with Crippen molar-refractivity contribution in [3.63, 3.8) is 0 Å². The van der Waals surface area contributed by atoms with Gasteiger partial charge in [0.2, 0.25) is 0 Å². The second kappa shape index (κ2) is 7.19. The van der Waals surface area contributed by atoms with Crippen molar-refractivity contribution < 1.29 is 13.2 Å². The molecule has 1 aromatic heterocycles. The number of hydrogen-bond acceptors (Lipinski definition) is 4. The monoisotopic (exact) mass is 377 g/mol. The Morgan fingerprint density at radius 2 is 1.88 bits per heavy atom. The summed E-state index contributed by atoms with van der Waals surface area (Å²) in [6, 6.07) is 13.5. The maximum Gasteiger partial charge on any atom is 0.252 e. The summed E-state index contributed by atoms with van der Waals surface area (Å²) in [5, 5.41) is 1.82. The minimum Gasteiger partial charge on any atom is -0.376 e. The van der Waals surface area contributed by atoms with Crippen LogP contribution in [0, 0.1) is 5.92 Å². The van der Waals surface area contributed by atoms with Crippen LogP contribution in [0.4, 0.5) is 0 Å². The predicted octanol–water partition coefficient (Wildman–Crippen LogP) is 3.55. The highest BCUT2D eigenvalue weighted by Crippen LogP contribution is 2.34. The zero-order valence-electron chi connectivity index (χ0n) is 14.1. The molecule has 1 aromatic carbocycles. The van der Waals surface area contributed by atoms with Gasteiger partial charge in [-0.25, -0.2) is 8.42 Å². The highest BCUT2D eigenvalue weighted by Gasteiger charge is 2.43. The topological polar surface area (TPSA) is 46.6 Å². The van der Waals surface area contributed by atoms with Crippen LogP contribution in [0.3, 0.4) is 0 Å². The molecule has 2 heterocycles. The molecular weight excluding hydrogens is 354 g/mol. The maximum atomic E-state index is 13.1. The molecule has 134 valence electrons. The molecule has 2 fully saturated rings. The van der Waals surface area contributed by atoms with Gasteiger partial charge in [0.1, 0.15) is 4.21 Å². The predicted molar refractivity (Wildman–Crippen MR) is 99.2 cm³/mol. The van der Waals surface area contributed by atoms with E-state index in [1.54, 1.807) is 16.4 Å². The highest BCUT2D eigenvalue weighted by atomic mass is 32.2. The summed E-state index contributed by atoms with van der Waals surface area (Å²) in [5.41, 5.74) is 1.15. The number of hydrogen-bond donors (Lipinski definition) is 0. The van der Waals surface area contributed by atoms with Crippen molar-refractivity contribution >= 4 is 21.4 Å². The molecule has 2 aromatic rings. The number of benzene rings is 1. The van der Waals surface area contributed by atoms with Crippen molar-refractivity contribution in [2.75, 3.05) is 13.2 Å². The zero-order valence-corrected chi connectivity index (χ0v) is 15.7. The zero-order chi connectivity index (χ0) is 17.3. The van der Waals surface area contributed by atoms with Gasteiger partial charge in [0.05, 0.1) is 12.1 Å². The van der Waals surface area contributed by atoms with Crippen LogP contribution in [0.15, 0.2) is 52.1 Å². The van der Waals surface area contributed by atoms with Gasteiger partial charge in [0.15, 0.2) is 0 Å². The Labute approximate surface area is 153 Å². The summed E-state index contributed by atoms with van der Waals surface area (Å²) in [7, 11) is -3.45. The van der Waals surface area contributed by atoms with E-state index in [1.807, 2.05) is 23.6 Å². The van der Waals surface area contributed by atoms with Gasteiger partial charge >= 0.3 is 0 Å². The van der Waals surface area contributed by atoms with Gasteiger partial charge < -0.3 is 4.74 Å².